The van der Waals surface area contributed by atoms with Crippen LogP contribution in [0.4, 0.5) is 0 Å². The van der Waals surface area contributed by atoms with Crippen LogP contribution in [0.15, 0.2) is 0 Å². The predicted octanol–water partition coefficient (Wildman–Crippen LogP) is -5.93. The number of hydrogen-bond acceptors (Lipinski definition) is 3. The van der Waals surface area contributed by atoms with Crippen LogP contribution in [0.1, 0.15) is 0 Å². The molecule has 0 aliphatic rings. The molecule has 0 aliphatic carbocycles. The standard InChI is InChI=1S/HIO3.Tb/c2-1(3)4;/h2H;. The minimum atomic E-state index is -3.76. The molecule has 0 spiro atoms. The van der Waals surface area contributed by atoms with E-state index in [0.29, 0.717) is 0 Å². The maximum absolute atomic E-state index is 8.68. The fraction of sp³-hybridized carbons (Fsp3) is 0. The Morgan fingerprint density at radius 2 is 1.40 bits per heavy atom. The van der Waals surface area contributed by atoms with Crippen LogP contribution in [0.3, 0.4) is 0 Å². The van der Waals surface area contributed by atoms with Crippen molar-refractivity contribution in [2.45, 2.75) is 0 Å². The van der Waals surface area contributed by atoms with Gasteiger partial charge in [0.05, 0.1) is 0 Å². The zero-order valence-electron chi connectivity index (χ0n) is 1.98. The van der Waals surface area contributed by atoms with Crippen LogP contribution in [0.2, 0.25) is 0 Å². The Morgan fingerprint density at radius 1 is 1.40 bits per heavy atom. The van der Waals surface area contributed by atoms with Crippen LogP contribution in [-0.4, -0.2) is 3.44 Å². The molecule has 0 bridgehead atoms. The second-order valence-electron chi connectivity index (χ2n) is 0.201. The average Bonchev–Trinajstić information content (AvgIpc) is 0.811. The fourth-order valence-electron chi connectivity index (χ4n) is 0. The summed E-state index contributed by atoms with van der Waals surface area (Å²) in [7, 11) is 0. The Bertz CT molecular complexity index is 11.6. The normalized spacial score (nSPS) is 7.20. The van der Waals surface area contributed by atoms with Gasteiger partial charge >= 0.3 is 21.1 Å². The molecule has 0 unspecified atom stereocenters. The molecule has 1 N–H and O–H groups in total. The Hall–Kier alpha value is 1.90. The molecule has 5 heavy (non-hydrogen) atoms. The van der Waals surface area contributed by atoms with E-state index >= 15 is 0 Å². The first-order valence-corrected chi connectivity index (χ1v) is 3.20. The van der Waals surface area contributed by atoms with Crippen molar-refractivity contribution in [2.75, 3.05) is 0 Å². The molecule has 0 aliphatic heterocycles. The first-order chi connectivity index (χ1) is 1.73. The third-order valence-electron chi connectivity index (χ3n) is 0. The van der Waals surface area contributed by atoms with E-state index in [1.54, 1.807) is 0 Å². The van der Waals surface area contributed by atoms with Crippen molar-refractivity contribution in [3.8, 4) is 0 Å². The van der Waals surface area contributed by atoms with Crippen molar-refractivity contribution in [3.05, 3.63) is 0 Å². The van der Waals surface area contributed by atoms with Crippen molar-refractivity contribution >= 4 is 0 Å². The van der Waals surface area contributed by atoms with Gasteiger partial charge in [-0.1, -0.05) is 0 Å². The van der Waals surface area contributed by atoms with Gasteiger partial charge in [0.2, 0.25) is 0 Å². The average molecular weight is 335 g/mol. The van der Waals surface area contributed by atoms with Gasteiger partial charge < -0.3 is 6.87 Å². The second kappa shape index (κ2) is 5.90. The molecule has 0 aromatic heterocycles. The molecule has 1 radical (unpaired) electrons. The molecule has 0 amide bonds. The second-order valence-corrected chi connectivity index (χ2v) is 1.35. The molecule has 0 aromatic rings. The van der Waals surface area contributed by atoms with Crippen molar-refractivity contribution in [1.29, 1.82) is 0 Å². The van der Waals surface area contributed by atoms with Crippen LogP contribution in [-0.2, 0) is 0 Å². The Morgan fingerprint density at radius 3 is 1.40 bits per heavy atom. The number of halogens is 1. The third-order valence-corrected chi connectivity index (χ3v) is 0. The third kappa shape index (κ3) is 24.9. The summed E-state index contributed by atoms with van der Waals surface area (Å²) in [5.41, 5.74) is 0. The topological polar surface area (TPSA) is 66.3 Å². The monoisotopic (exact) mass is 335 g/mol. The zero-order chi connectivity index (χ0) is 3.58. The van der Waals surface area contributed by atoms with Crippen LogP contribution >= 0.6 is 0 Å². The van der Waals surface area contributed by atoms with Crippen molar-refractivity contribution < 1.29 is 70.0 Å². The minimum Gasteiger partial charge on any atom is -0.396 e. The maximum Gasteiger partial charge on any atom is 0.503 e. The summed E-state index contributed by atoms with van der Waals surface area (Å²) in [4.78, 5) is 0. The van der Waals surface area contributed by atoms with E-state index in [-0.39, 0.29) is 38.6 Å². The smallest absolute Gasteiger partial charge is 0.396 e. The summed E-state index contributed by atoms with van der Waals surface area (Å²) in [5.74, 6) is 0. The quantitative estimate of drug-likeness (QED) is 0.449. The molecule has 3 nitrogen and oxygen atoms in total. The first-order valence-electron chi connectivity index (χ1n) is 0.478. The van der Waals surface area contributed by atoms with Crippen molar-refractivity contribution in [2.24, 2.45) is 0 Å². The van der Waals surface area contributed by atoms with E-state index < -0.39 is 21.1 Å². The van der Waals surface area contributed by atoms with Gasteiger partial charge in [0.25, 0.3) is 0 Å². The molecule has 0 fully saturated rings. The molecule has 0 saturated heterocycles. The first kappa shape index (κ1) is 10.0. The van der Waals surface area contributed by atoms with Gasteiger partial charge in [-0.05, 0) is 3.44 Å². The molecule has 35 valence electrons. The van der Waals surface area contributed by atoms with Gasteiger partial charge in [0, 0.05) is 38.6 Å². The zero-order valence-corrected chi connectivity index (χ0v) is 6.27. The minimum absolute atomic E-state index is 0. The molecule has 0 aromatic carbocycles. The van der Waals surface area contributed by atoms with Gasteiger partial charge in [0.1, 0.15) is 0 Å². The van der Waals surface area contributed by atoms with E-state index in [1.165, 1.54) is 0 Å². The van der Waals surface area contributed by atoms with Gasteiger partial charge in [-0.3, -0.25) is 0 Å². The SMILES string of the molecule is [O-][I+2]([O-])O.[Tb]. The molecular formula is HIO3Tb. The van der Waals surface area contributed by atoms with E-state index in [2.05, 4.69) is 0 Å². The molecule has 0 rings (SSSR count). The van der Waals surface area contributed by atoms with E-state index in [4.69, 9.17) is 10.3 Å². The Kier molecular flexibility index (Phi) is 11.8. The molecule has 0 saturated carbocycles. The van der Waals surface area contributed by atoms with Crippen LogP contribution < -0.4 is 27.9 Å². The van der Waals surface area contributed by atoms with E-state index in [0.717, 1.165) is 0 Å². The number of rotatable bonds is 0. The van der Waals surface area contributed by atoms with Gasteiger partial charge in [-0.15, -0.1) is 0 Å². The summed E-state index contributed by atoms with van der Waals surface area (Å²) >= 11 is -3.76. The van der Waals surface area contributed by atoms with Crippen LogP contribution in [0.5, 0.6) is 0 Å². The van der Waals surface area contributed by atoms with Gasteiger partial charge in [-0.25, -0.2) is 0 Å². The Labute approximate surface area is 68.9 Å². The summed E-state index contributed by atoms with van der Waals surface area (Å²) in [6.07, 6.45) is 0. The fourth-order valence-corrected chi connectivity index (χ4v) is 0. The Balaban J connectivity index is 0. The molecule has 0 heterocycles. The summed E-state index contributed by atoms with van der Waals surface area (Å²) in [6.45, 7) is 0. The van der Waals surface area contributed by atoms with Crippen LogP contribution in [0.25, 0.3) is 0 Å². The molecule has 5 heteroatoms. The molecule has 0 atom stereocenters. The summed E-state index contributed by atoms with van der Waals surface area (Å²) in [6, 6.07) is 0. The van der Waals surface area contributed by atoms with Gasteiger partial charge in [-0.2, -0.15) is 0 Å². The largest absolute Gasteiger partial charge is 0.503 e. The van der Waals surface area contributed by atoms with Gasteiger partial charge in [0.15, 0.2) is 0 Å². The van der Waals surface area contributed by atoms with Crippen molar-refractivity contribution in [3.63, 3.8) is 0 Å². The maximum atomic E-state index is 8.68. The molecular weight excluding hydrogens is 334 g/mol. The van der Waals surface area contributed by atoms with E-state index in [1.807, 2.05) is 0 Å². The van der Waals surface area contributed by atoms with Crippen LogP contribution in [0, 0.1) is 38.6 Å². The summed E-state index contributed by atoms with van der Waals surface area (Å²) in [5, 5.41) is 0. The van der Waals surface area contributed by atoms with E-state index in [9.17, 15) is 0 Å². The predicted molar refractivity (Wildman–Crippen MR) is 2.22 cm³/mol. The number of hydrogen-bond donors (Lipinski definition) is 1. The van der Waals surface area contributed by atoms with Crippen molar-refractivity contribution in [1.82, 2.24) is 0 Å². The summed E-state index contributed by atoms with van der Waals surface area (Å²) < 4.78 is 24.5.